The molecule has 0 fully saturated rings. The van der Waals surface area contributed by atoms with Gasteiger partial charge < -0.3 is 9.84 Å². The maximum Gasteiger partial charge on any atom is 0.419 e. The van der Waals surface area contributed by atoms with Crippen molar-refractivity contribution in [3.63, 3.8) is 0 Å². The Morgan fingerprint density at radius 2 is 1.50 bits per heavy atom. The standard InChI is InChI=1S/C27H36N2O5/c1-26(2,3)34-25(33)29(27(4,28)24(31)32)23(30)19-18-22(21-15-9-6-10-16-21)17-11-14-20-12-7-5-8-13-20/h5-10,12-13,15-16,22H,11,14,17-19,28H2,1-4H3,(H,31,32). The van der Waals surface area contributed by atoms with E-state index < -0.39 is 29.2 Å². The minimum atomic E-state index is -2.23. The zero-order valence-electron chi connectivity index (χ0n) is 20.5. The lowest BCUT2D eigenvalue weighted by Gasteiger charge is -2.34. The van der Waals surface area contributed by atoms with Crippen LogP contribution in [-0.4, -0.2) is 39.2 Å². The molecule has 0 aromatic heterocycles. The maximum absolute atomic E-state index is 13.1. The number of ether oxygens (including phenoxy) is 1. The van der Waals surface area contributed by atoms with E-state index in [-0.39, 0.29) is 12.3 Å². The number of nitrogens with two attached hydrogens (primary N) is 1. The van der Waals surface area contributed by atoms with Gasteiger partial charge in [-0.3, -0.25) is 10.5 Å². The van der Waals surface area contributed by atoms with E-state index in [1.165, 1.54) is 5.56 Å². The average molecular weight is 469 g/mol. The molecule has 7 heteroatoms. The number of aliphatic carboxylic acids is 1. The summed E-state index contributed by atoms with van der Waals surface area (Å²) in [6, 6.07) is 20.1. The number of rotatable bonds is 10. The Bertz CT molecular complexity index is 952. The van der Waals surface area contributed by atoms with Crippen LogP contribution in [0.5, 0.6) is 0 Å². The van der Waals surface area contributed by atoms with Gasteiger partial charge in [0.1, 0.15) is 5.60 Å². The highest BCUT2D eigenvalue weighted by Gasteiger charge is 2.45. The summed E-state index contributed by atoms with van der Waals surface area (Å²) in [5.41, 5.74) is 5.11. The number of imide groups is 1. The molecule has 0 saturated heterocycles. The minimum Gasteiger partial charge on any atom is -0.478 e. The van der Waals surface area contributed by atoms with Crippen molar-refractivity contribution in [3.8, 4) is 0 Å². The molecule has 0 heterocycles. The Hall–Kier alpha value is -3.19. The summed E-state index contributed by atoms with van der Waals surface area (Å²) in [4.78, 5) is 38.1. The van der Waals surface area contributed by atoms with Crippen LogP contribution in [0.15, 0.2) is 60.7 Å². The fourth-order valence-corrected chi connectivity index (χ4v) is 3.76. The van der Waals surface area contributed by atoms with Crippen molar-refractivity contribution in [1.82, 2.24) is 4.90 Å². The molecule has 2 atom stereocenters. The third-order valence-electron chi connectivity index (χ3n) is 5.56. The highest BCUT2D eigenvalue weighted by atomic mass is 16.6. The van der Waals surface area contributed by atoms with Crippen LogP contribution in [0.3, 0.4) is 0 Å². The van der Waals surface area contributed by atoms with Crippen LogP contribution in [0.25, 0.3) is 0 Å². The van der Waals surface area contributed by atoms with Gasteiger partial charge in [0.05, 0.1) is 0 Å². The van der Waals surface area contributed by atoms with Crippen molar-refractivity contribution >= 4 is 18.0 Å². The number of carboxylic acids is 1. The van der Waals surface area contributed by atoms with E-state index in [0.29, 0.717) is 11.3 Å². The number of aryl methyl sites for hydroxylation is 1. The van der Waals surface area contributed by atoms with E-state index in [4.69, 9.17) is 10.5 Å². The molecule has 0 spiro atoms. The number of hydrogen-bond donors (Lipinski definition) is 2. The molecule has 0 radical (unpaired) electrons. The lowest BCUT2D eigenvalue weighted by molar-refractivity contribution is -0.156. The summed E-state index contributed by atoms with van der Waals surface area (Å²) in [7, 11) is 0. The second-order valence-corrected chi connectivity index (χ2v) is 9.69. The quantitative estimate of drug-likeness (QED) is 0.470. The molecule has 2 aromatic rings. The Balaban J connectivity index is 2.15. The first-order chi connectivity index (χ1) is 15.9. The predicted molar refractivity (Wildman–Crippen MR) is 131 cm³/mol. The molecule has 0 bridgehead atoms. The van der Waals surface area contributed by atoms with Gasteiger partial charge in [0.2, 0.25) is 5.91 Å². The number of carboxylic acid groups (broad SMARTS) is 1. The van der Waals surface area contributed by atoms with Gasteiger partial charge in [0.25, 0.3) is 0 Å². The van der Waals surface area contributed by atoms with E-state index in [1.54, 1.807) is 20.8 Å². The molecular formula is C27H36N2O5. The van der Waals surface area contributed by atoms with Crippen molar-refractivity contribution in [2.45, 2.75) is 77.0 Å². The number of nitrogens with zero attached hydrogens (tertiary/aromatic N) is 1. The van der Waals surface area contributed by atoms with Crippen molar-refractivity contribution in [3.05, 3.63) is 71.8 Å². The van der Waals surface area contributed by atoms with E-state index in [0.717, 1.165) is 31.7 Å². The van der Waals surface area contributed by atoms with Gasteiger partial charge in [-0.25, -0.2) is 14.5 Å². The van der Waals surface area contributed by atoms with Gasteiger partial charge in [-0.15, -0.1) is 0 Å². The Morgan fingerprint density at radius 1 is 0.941 bits per heavy atom. The van der Waals surface area contributed by atoms with E-state index >= 15 is 0 Å². The van der Waals surface area contributed by atoms with E-state index in [1.807, 2.05) is 48.5 Å². The first-order valence-corrected chi connectivity index (χ1v) is 11.6. The normalized spacial score (nSPS) is 14.0. The zero-order chi connectivity index (χ0) is 25.4. The smallest absolute Gasteiger partial charge is 0.419 e. The molecule has 0 aliphatic rings. The van der Waals surface area contributed by atoms with Crippen LogP contribution in [-0.2, 0) is 20.7 Å². The van der Waals surface area contributed by atoms with Crippen molar-refractivity contribution < 1.29 is 24.2 Å². The maximum atomic E-state index is 13.1. The van der Waals surface area contributed by atoms with Crippen LogP contribution < -0.4 is 5.73 Å². The average Bonchev–Trinajstić information content (AvgIpc) is 2.76. The molecule has 2 unspecified atom stereocenters. The Morgan fingerprint density at radius 3 is 2.03 bits per heavy atom. The fraction of sp³-hybridized carbons (Fsp3) is 0.444. The van der Waals surface area contributed by atoms with E-state index in [2.05, 4.69) is 12.1 Å². The first-order valence-electron chi connectivity index (χ1n) is 11.6. The molecule has 0 aliphatic carbocycles. The van der Waals surface area contributed by atoms with Crippen LogP contribution in [0.4, 0.5) is 4.79 Å². The predicted octanol–water partition coefficient (Wildman–Crippen LogP) is 5.10. The van der Waals surface area contributed by atoms with Gasteiger partial charge in [-0.05, 0) is 70.4 Å². The summed E-state index contributed by atoms with van der Waals surface area (Å²) in [6.07, 6.45) is 2.04. The van der Waals surface area contributed by atoms with Gasteiger partial charge in [0, 0.05) is 6.42 Å². The van der Waals surface area contributed by atoms with Crippen LogP contribution in [0.2, 0.25) is 0 Å². The Labute approximate surface area is 201 Å². The zero-order valence-corrected chi connectivity index (χ0v) is 20.5. The third kappa shape index (κ3) is 7.99. The molecule has 2 rings (SSSR count). The molecule has 34 heavy (non-hydrogen) atoms. The highest BCUT2D eigenvalue weighted by molar-refractivity contribution is 5.98. The van der Waals surface area contributed by atoms with Crippen LogP contribution >= 0.6 is 0 Å². The topological polar surface area (TPSA) is 110 Å². The molecule has 184 valence electrons. The van der Waals surface area contributed by atoms with E-state index in [9.17, 15) is 19.5 Å². The number of hydrogen-bond acceptors (Lipinski definition) is 5. The highest BCUT2D eigenvalue weighted by Crippen LogP contribution is 2.28. The second kappa shape index (κ2) is 11.8. The summed E-state index contributed by atoms with van der Waals surface area (Å²) in [5, 5.41) is 9.56. The monoisotopic (exact) mass is 468 g/mol. The third-order valence-corrected chi connectivity index (χ3v) is 5.56. The van der Waals surface area contributed by atoms with Crippen LogP contribution in [0.1, 0.15) is 70.4 Å². The summed E-state index contributed by atoms with van der Waals surface area (Å²) in [5.74, 6) is -2.09. The molecule has 2 amide bonds. The van der Waals surface area contributed by atoms with Gasteiger partial charge in [0.15, 0.2) is 5.66 Å². The summed E-state index contributed by atoms with van der Waals surface area (Å²) in [6.45, 7) is 6.03. The van der Waals surface area contributed by atoms with Gasteiger partial charge >= 0.3 is 12.1 Å². The Kier molecular flexibility index (Phi) is 9.38. The lowest BCUT2D eigenvalue weighted by atomic mass is 9.88. The lowest BCUT2D eigenvalue weighted by Crippen LogP contribution is -2.64. The fourth-order valence-electron chi connectivity index (χ4n) is 3.76. The number of carbonyl (C=O) groups is 3. The largest absolute Gasteiger partial charge is 0.478 e. The summed E-state index contributed by atoms with van der Waals surface area (Å²) < 4.78 is 5.29. The second-order valence-electron chi connectivity index (χ2n) is 9.69. The molecule has 3 N–H and O–H groups in total. The SMILES string of the molecule is CC(C)(C)OC(=O)N(C(=O)CCC(CCCc1ccccc1)c1ccccc1)C(C)(N)C(=O)O. The first kappa shape index (κ1) is 27.1. The molecule has 2 aromatic carbocycles. The van der Waals surface area contributed by atoms with Crippen molar-refractivity contribution in [2.75, 3.05) is 0 Å². The van der Waals surface area contributed by atoms with Crippen LogP contribution in [0, 0.1) is 0 Å². The molecule has 0 aliphatic heterocycles. The number of benzene rings is 2. The van der Waals surface area contributed by atoms with Crippen molar-refractivity contribution in [1.29, 1.82) is 0 Å². The summed E-state index contributed by atoms with van der Waals surface area (Å²) >= 11 is 0. The number of carbonyl (C=O) groups excluding carboxylic acids is 2. The molecule has 7 nitrogen and oxygen atoms in total. The molecular weight excluding hydrogens is 432 g/mol. The number of amides is 2. The van der Waals surface area contributed by atoms with Gasteiger partial charge in [-0.1, -0.05) is 60.7 Å². The van der Waals surface area contributed by atoms with Gasteiger partial charge in [-0.2, -0.15) is 0 Å². The van der Waals surface area contributed by atoms with Crippen molar-refractivity contribution in [2.24, 2.45) is 5.73 Å². The minimum absolute atomic E-state index is 0.0375. The molecule has 0 saturated carbocycles.